The van der Waals surface area contributed by atoms with E-state index in [4.69, 9.17) is 21.4 Å². The number of amides is 1. The lowest BCUT2D eigenvalue weighted by Crippen LogP contribution is -2.46. The van der Waals surface area contributed by atoms with Crippen molar-refractivity contribution in [3.8, 4) is 5.75 Å². The molecule has 0 aromatic heterocycles. The molecule has 0 aliphatic rings. The van der Waals surface area contributed by atoms with E-state index >= 15 is 0 Å². The Balaban J connectivity index is 2.49. The van der Waals surface area contributed by atoms with E-state index in [-0.39, 0.29) is 12.5 Å². The molecule has 0 saturated heterocycles. The highest BCUT2D eigenvalue weighted by Crippen LogP contribution is 2.18. The van der Waals surface area contributed by atoms with Gasteiger partial charge in [0.2, 0.25) is 0 Å². The van der Waals surface area contributed by atoms with E-state index in [0.29, 0.717) is 10.8 Å². The van der Waals surface area contributed by atoms with Crippen LogP contribution in [0.4, 0.5) is 0 Å². The summed E-state index contributed by atoms with van der Waals surface area (Å²) in [5.41, 5.74) is -1.34. The van der Waals surface area contributed by atoms with Crippen LogP contribution >= 0.6 is 11.6 Å². The fourth-order valence-corrected chi connectivity index (χ4v) is 1.46. The van der Waals surface area contributed by atoms with Crippen molar-refractivity contribution in [1.29, 1.82) is 0 Å². The summed E-state index contributed by atoms with van der Waals surface area (Å²) in [6, 6.07) is 6.73. The third kappa shape index (κ3) is 5.46. The van der Waals surface area contributed by atoms with Crippen LogP contribution < -0.4 is 10.1 Å². The lowest BCUT2D eigenvalue weighted by atomic mass is 10.1. The number of carbonyl (C=O) groups excluding carboxylic acids is 1. The van der Waals surface area contributed by atoms with Crippen LogP contribution in [0.25, 0.3) is 0 Å². The van der Waals surface area contributed by atoms with Crippen molar-refractivity contribution >= 4 is 17.5 Å². The van der Waals surface area contributed by atoms with Crippen molar-refractivity contribution in [2.45, 2.75) is 25.6 Å². The van der Waals surface area contributed by atoms with E-state index in [1.807, 2.05) is 0 Å². The Morgan fingerprint density at radius 2 is 2.26 bits per heavy atom. The van der Waals surface area contributed by atoms with Gasteiger partial charge in [0.25, 0.3) is 5.91 Å². The fraction of sp³-hybridized carbons (Fsp3) is 0.462. The molecule has 1 amide bonds. The second-order valence-corrected chi connectivity index (χ2v) is 5.03. The van der Waals surface area contributed by atoms with Gasteiger partial charge in [0.05, 0.1) is 6.61 Å². The summed E-state index contributed by atoms with van der Waals surface area (Å²) in [7, 11) is 0. The Hall–Kier alpha value is -1.30. The standard InChI is InChI=1S/C13H18ClNO4/c1-9(12(17)15-7-13(2,18)8-16)19-11-5-3-4-10(14)6-11/h3-6,9,16,18H,7-8H2,1-2H3,(H,15,17). The second-order valence-electron chi connectivity index (χ2n) is 4.59. The molecule has 1 aromatic rings. The van der Waals surface area contributed by atoms with Crippen molar-refractivity contribution in [2.24, 2.45) is 0 Å². The average molecular weight is 288 g/mol. The summed E-state index contributed by atoms with van der Waals surface area (Å²) in [5.74, 6) is 0.109. The number of aliphatic hydroxyl groups is 2. The topological polar surface area (TPSA) is 78.8 Å². The molecule has 0 radical (unpaired) electrons. The van der Waals surface area contributed by atoms with Gasteiger partial charge in [0.1, 0.15) is 11.4 Å². The lowest BCUT2D eigenvalue weighted by molar-refractivity contribution is -0.128. The zero-order valence-corrected chi connectivity index (χ0v) is 11.6. The van der Waals surface area contributed by atoms with Crippen molar-refractivity contribution in [3.63, 3.8) is 0 Å². The maximum Gasteiger partial charge on any atom is 0.260 e. The van der Waals surface area contributed by atoms with Gasteiger partial charge in [-0.3, -0.25) is 4.79 Å². The Morgan fingerprint density at radius 1 is 1.58 bits per heavy atom. The molecule has 2 unspecified atom stereocenters. The first-order valence-corrected chi connectivity index (χ1v) is 6.25. The van der Waals surface area contributed by atoms with Gasteiger partial charge in [0, 0.05) is 11.6 Å². The van der Waals surface area contributed by atoms with Gasteiger partial charge in [-0.2, -0.15) is 0 Å². The number of hydrogen-bond acceptors (Lipinski definition) is 4. The number of aliphatic hydroxyl groups excluding tert-OH is 1. The molecule has 19 heavy (non-hydrogen) atoms. The fourth-order valence-electron chi connectivity index (χ4n) is 1.28. The van der Waals surface area contributed by atoms with Crippen LogP contribution in [-0.2, 0) is 4.79 Å². The van der Waals surface area contributed by atoms with Crippen LogP contribution in [0.15, 0.2) is 24.3 Å². The van der Waals surface area contributed by atoms with Gasteiger partial charge in [-0.25, -0.2) is 0 Å². The van der Waals surface area contributed by atoms with Gasteiger partial charge < -0.3 is 20.3 Å². The largest absolute Gasteiger partial charge is 0.481 e. The minimum Gasteiger partial charge on any atom is -0.481 e. The van der Waals surface area contributed by atoms with Crippen LogP contribution in [-0.4, -0.2) is 41.0 Å². The van der Waals surface area contributed by atoms with Crippen molar-refractivity contribution < 1.29 is 19.7 Å². The maximum atomic E-state index is 11.7. The molecule has 6 heteroatoms. The predicted molar refractivity (Wildman–Crippen MR) is 72.3 cm³/mol. The average Bonchev–Trinajstić information content (AvgIpc) is 2.36. The molecule has 2 atom stereocenters. The van der Waals surface area contributed by atoms with E-state index in [2.05, 4.69) is 5.32 Å². The molecule has 0 aliphatic heterocycles. The molecule has 0 spiro atoms. The number of halogens is 1. The molecule has 1 rings (SSSR count). The molecule has 1 aromatic carbocycles. The minimum absolute atomic E-state index is 0.0500. The number of carbonyl (C=O) groups is 1. The van der Waals surface area contributed by atoms with Crippen molar-refractivity contribution in [1.82, 2.24) is 5.32 Å². The van der Waals surface area contributed by atoms with Gasteiger partial charge in [-0.1, -0.05) is 17.7 Å². The zero-order chi connectivity index (χ0) is 14.5. The van der Waals surface area contributed by atoms with Crippen LogP contribution in [0.5, 0.6) is 5.75 Å². The predicted octanol–water partition coefficient (Wildman–Crippen LogP) is 0.967. The summed E-state index contributed by atoms with van der Waals surface area (Å²) in [6.07, 6.45) is -0.729. The molecule has 0 saturated carbocycles. The third-order valence-electron chi connectivity index (χ3n) is 2.46. The van der Waals surface area contributed by atoms with Gasteiger partial charge >= 0.3 is 0 Å². The van der Waals surface area contributed by atoms with Gasteiger partial charge in [0.15, 0.2) is 6.10 Å². The lowest BCUT2D eigenvalue weighted by Gasteiger charge is -2.22. The van der Waals surface area contributed by atoms with Crippen molar-refractivity contribution in [2.75, 3.05) is 13.2 Å². The summed E-state index contributed by atoms with van der Waals surface area (Å²) in [5, 5.41) is 21.4. The van der Waals surface area contributed by atoms with E-state index in [1.165, 1.54) is 6.92 Å². The van der Waals surface area contributed by atoms with Crippen LogP contribution in [0.1, 0.15) is 13.8 Å². The van der Waals surface area contributed by atoms with E-state index in [9.17, 15) is 9.90 Å². The van der Waals surface area contributed by atoms with Crippen molar-refractivity contribution in [3.05, 3.63) is 29.3 Å². The summed E-state index contributed by atoms with van der Waals surface area (Å²) in [4.78, 5) is 11.7. The van der Waals surface area contributed by atoms with Crippen LogP contribution in [0.3, 0.4) is 0 Å². The molecule has 0 heterocycles. The highest BCUT2D eigenvalue weighted by atomic mass is 35.5. The van der Waals surface area contributed by atoms with Crippen LogP contribution in [0.2, 0.25) is 5.02 Å². The smallest absolute Gasteiger partial charge is 0.260 e. The molecular weight excluding hydrogens is 270 g/mol. The molecule has 5 nitrogen and oxygen atoms in total. The molecule has 0 fully saturated rings. The Bertz CT molecular complexity index is 436. The van der Waals surface area contributed by atoms with Gasteiger partial charge in [-0.15, -0.1) is 0 Å². The first-order chi connectivity index (χ1) is 8.84. The van der Waals surface area contributed by atoms with Crippen LogP contribution in [0, 0.1) is 0 Å². The summed E-state index contributed by atoms with van der Waals surface area (Å²) < 4.78 is 5.42. The van der Waals surface area contributed by atoms with E-state index in [1.54, 1.807) is 31.2 Å². The molecule has 106 valence electrons. The SMILES string of the molecule is CC(Oc1cccc(Cl)c1)C(=O)NCC(C)(O)CO. The maximum absolute atomic E-state index is 11.7. The Kier molecular flexibility index (Phi) is 5.60. The second kappa shape index (κ2) is 6.75. The summed E-state index contributed by atoms with van der Waals surface area (Å²) in [6.45, 7) is 2.53. The van der Waals surface area contributed by atoms with Gasteiger partial charge in [-0.05, 0) is 32.0 Å². The normalized spacial score (nSPS) is 15.4. The first kappa shape index (κ1) is 15.8. The number of nitrogens with one attached hydrogen (secondary N) is 1. The number of rotatable bonds is 6. The summed E-state index contributed by atoms with van der Waals surface area (Å²) >= 11 is 5.81. The Morgan fingerprint density at radius 3 is 2.84 bits per heavy atom. The minimum atomic E-state index is -1.34. The number of benzene rings is 1. The number of hydrogen-bond donors (Lipinski definition) is 3. The Labute approximate surface area is 117 Å². The highest BCUT2D eigenvalue weighted by molar-refractivity contribution is 6.30. The third-order valence-corrected chi connectivity index (χ3v) is 2.70. The first-order valence-electron chi connectivity index (χ1n) is 5.87. The molecule has 3 N–H and O–H groups in total. The van der Waals surface area contributed by atoms with E-state index < -0.39 is 18.3 Å². The zero-order valence-electron chi connectivity index (χ0n) is 10.9. The monoisotopic (exact) mass is 287 g/mol. The molecule has 0 bridgehead atoms. The number of ether oxygens (including phenoxy) is 1. The molecular formula is C13H18ClNO4. The highest BCUT2D eigenvalue weighted by Gasteiger charge is 2.22. The quantitative estimate of drug-likeness (QED) is 0.728. The van der Waals surface area contributed by atoms with E-state index in [0.717, 1.165) is 0 Å². The molecule has 0 aliphatic carbocycles.